The molecule has 0 saturated heterocycles. The van der Waals surface area contributed by atoms with Gasteiger partial charge in [-0.2, -0.15) is 0 Å². The SMILES string of the molecule is Cc1n(C(C)C)cc[n+]1Cc1ccccc1. The van der Waals surface area contributed by atoms with E-state index in [1.54, 1.807) is 0 Å². The summed E-state index contributed by atoms with van der Waals surface area (Å²) < 4.78 is 4.58. The summed E-state index contributed by atoms with van der Waals surface area (Å²) in [6.45, 7) is 7.54. The molecule has 0 bridgehead atoms. The highest BCUT2D eigenvalue weighted by molar-refractivity contribution is 5.13. The molecule has 2 aromatic rings. The van der Waals surface area contributed by atoms with E-state index in [0.717, 1.165) is 6.54 Å². The summed E-state index contributed by atoms with van der Waals surface area (Å²) in [7, 11) is 0. The monoisotopic (exact) mass is 215 g/mol. The third-order valence-corrected chi connectivity index (χ3v) is 2.95. The van der Waals surface area contributed by atoms with Gasteiger partial charge in [-0.1, -0.05) is 30.3 Å². The topological polar surface area (TPSA) is 8.81 Å². The van der Waals surface area contributed by atoms with E-state index >= 15 is 0 Å². The fraction of sp³-hybridized carbons (Fsp3) is 0.357. The molecule has 0 atom stereocenters. The average Bonchev–Trinajstić information content (AvgIpc) is 2.62. The van der Waals surface area contributed by atoms with Gasteiger partial charge in [0.05, 0.1) is 6.04 Å². The Bertz CT molecular complexity index is 455. The Morgan fingerprint density at radius 3 is 2.44 bits per heavy atom. The third-order valence-electron chi connectivity index (χ3n) is 2.95. The van der Waals surface area contributed by atoms with Crippen LogP contribution in [0.5, 0.6) is 0 Å². The summed E-state index contributed by atoms with van der Waals surface area (Å²) in [5.41, 5.74) is 1.34. The lowest BCUT2D eigenvalue weighted by Crippen LogP contribution is -2.36. The molecule has 0 spiro atoms. The molecule has 16 heavy (non-hydrogen) atoms. The summed E-state index contributed by atoms with van der Waals surface area (Å²) in [6.07, 6.45) is 4.31. The molecule has 2 rings (SSSR count). The van der Waals surface area contributed by atoms with Crippen LogP contribution in [0, 0.1) is 6.92 Å². The first-order valence-corrected chi connectivity index (χ1v) is 5.79. The zero-order valence-corrected chi connectivity index (χ0v) is 10.2. The largest absolute Gasteiger partial charge is 0.253 e. The molecule has 1 aromatic heterocycles. The maximum absolute atomic E-state index is 2.29. The third kappa shape index (κ3) is 2.16. The zero-order chi connectivity index (χ0) is 11.5. The van der Waals surface area contributed by atoms with Crippen molar-refractivity contribution in [3.05, 3.63) is 54.1 Å². The first kappa shape index (κ1) is 10.9. The van der Waals surface area contributed by atoms with E-state index in [9.17, 15) is 0 Å². The molecular formula is C14H19N2+. The van der Waals surface area contributed by atoms with Crippen LogP contribution in [0.1, 0.15) is 31.3 Å². The highest BCUT2D eigenvalue weighted by Gasteiger charge is 2.14. The first-order valence-electron chi connectivity index (χ1n) is 5.79. The second-order valence-corrected chi connectivity index (χ2v) is 4.46. The van der Waals surface area contributed by atoms with Crippen molar-refractivity contribution in [3.63, 3.8) is 0 Å². The van der Waals surface area contributed by atoms with Gasteiger partial charge in [0.2, 0.25) is 0 Å². The van der Waals surface area contributed by atoms with Gasteiger partial charge in [0.25, 0.3) is 5.82 Å². The maximum atomic E-state index is 2.29. The highest BCUT2D eigenvalue weighted by Crippen LogP contribution is 2.06. The molecule has 0 saturated carbocycles. The van der Waals surface area contributed by atoms with Crippen LogP contribution in [0.15, 0.2) is 42.7 Å². The standard InChI is InChI=1S/C14H19N2/c1-12(2)16-10-9-15(13(16)3)11-14-7-5-4-6-8-14/h4-10,12H,11H2,1-3H3/q+1. The van der Waals surface area contributed by atoms with Gasteiger partial charge in [-0.3, -0.25) is 0 Å². The molecule has 0 amide bonds. The minimum atomic E-state index is 0.525. The van der Waals surface area contributed by atoms with Gasteiger partial charge in [-0.15, -0.1) is 0 Å². The van der Waals surface area contributed by atoms with Crippen molar-refractivity contribution in [1.29, 1.82) is 0 Å². The van der Waals surface area contributed by atoms with E-state index in [2.05, 4.69) is 72.6 Å². The van der Waals surface area contributed by atoms with Gasteiger partial charge < -0.3 is 0 Å². The molecule has 2 nitrogen and oxygen atoms in total. The van der Waals surface area contributed by atoms with Crippen molar-refractivity contribution in [2.75, 3.05) is 0 Å². The van der Waals surface area contributed by atoms with Gasteiger partial charge in [0.1, 0.15) is 18.9 Å². The zero-order valence-electron chi connectivity index (χ0n) is 10.2. The summed E-state index contributed by atoms with van der Waals surface area (Å²) >= 11 is 0. The van der Waals surface area contributed by atoms with Gasteiger partial charge in [0, 0.05) is 6.92 Å². The van der Waals surface area contributed by atoms with Crippen molar-refractivity contribution in [3.8, 4) is 0 Å². The number of benzene rings is 1. The fourth-order valence-electron chi connectivity index (χ4n) is 2.01. The number of rotatable bonds is 3. The van der Waals surface area contributed by atoms with Crippen molar-refractivity contribution in [1.82, 2.24) is 4.57 Å². The van der Waals surface area contributed by atoms with Gasteiger partial charge in [-0.05, 0) is 19.4 Å². The molecule has 0 fully saturated rings. The molecule has 0 aliphatic heterocycles. The Balaban J connectivity index is 2.23. The van der Waals surface area contributed by atoms with Gasteiger partial charge in [0.15, 0.2) is 0 Å². The Morgan fingerprint density at radius 1 is 1.19 bits per heavy atom. The Hall–Kier alpha value is -1.57. The lowest BCUT2D eigenvalue weighted by atomic mass is 10.2. The maximum Gasteiger partial charge on any atom is 0.253 e. The Kier molecular flexibility index (Phi) is 3.09. The predicted octanol–water partition coefficient (Wildman–Crippen LogP) is 2.71. The fourth-order valence-corrected chi connectivity index (χ4v) is 2.01. The molecule has 1 heterocycles. The summed E-state index contributed by atoms with van der Waals surface area (Å²) in [5.74, 6) is 1.30. The molecule has 0 aliphatic carbocycles. The second kappa shape index (κ2) is 4.52. The van der Waals surface area contributed by atoms with E-state index in [-0.39, 0.29) is 0 Å². The molecule has 2 heteroatoms. The number of aromatic nitrogens is 2. The minimum absolute atomic E-state index is 0.525. The number of nitrogens with zero attached hydrogens (tertiary/aromatic N) is 2. The van der Waals surface area contributed by atoms with Gasteiger partial charge >= 0.3 is 0 Å². The summed E-state index contributed by atoms with van der Waals surface area (Å²) in [5, 5.41) is 0. The highest BCUT2D eigenvalue weighted by atomic mass is 15.2. The van der Waals surface area contributed by atoms with Crippen LogP contribution in [0.2, 0.25) is 0 Å². The van der Waals surface area contributed by atoms with Crippen LogP contribution >= 0.6 is 0 Å². The van der Waals surface area contributed by atoms with Crippen LogP contribution in [0.25, 0.3) is 0 Å². The summed E-state index contributed by atoms with van der Waals surface area (Å²) in [4.78, 5) is 0. The molecule has 84 valence electrons. The normalized spacial score (nSPS) is 11.0. The van der Waals surface area contributed by atoms with E-state index in [4.69, 9.17) is 0 Å². The molecular weight excluding hydrogens is 196 g/mol. The molecule has 0 unspecified atom stereocenters. The van der Waals surface area contributed by atoms with Crippen LogP contribution in [0.3, 0.4) is 0 Å². The van der Waals surface area contributed by atoms with Crippen LogP contribution in [-0.4, -0.2) is 4.57 Å². The quantitative estimate of drug-likeness (QED) is 0.696. The van der Waals surface area contributed by atoms with E-state index in [0.29, 0.717) is 6.04 Å². The van der Waals surface area contributed by atoms with E-state index < -0.39 is 0 Å². The smallest absolute Gasteiger partial charge is 0.232 e. The van der Waals surface area contributed by atoms with Crippen LogP contribution < -0.4 is 4.57 Å². The van der Waals surface area contributed by atoms with E-state index in [1.165, 1.54) is 11.4 Å². The molecule has 0 aliphatic rings. The van der Waals surface area contributed by atoms with Crippen molar-refractivity contribution in [2.24, 2.45) is 0 Å². The van der Waals surface area contributed by atoms with Crippen molar-refractivity contribution < 1.29 is 4.57 Å². The van der Waals surface area contributed by atoms with E-state index in [1.807, 2.05) is 0 Å². The first-order chi connectivity index (χ1) is 7.68. The van der Waals surface area contributed by atoms with Crippen molar-refractivity contribution in [2.45, 2.75) is 33.4 Å². The molecule has 0 radical (unpaired) electrons. The lowest BCUT2D eigenvalue weighted by Gasteiger charge is -2.03. The minimum Gasteiger partial charge on any atom is -0.232 e. The predicted molar refractivity (Wildman–Crippen MR) is 65.3 cm³/mol. The molecule has 1 aromatic carbocycles. The number of hydrogen-bond acceptors (Lipinski definition) is 0. The molecule has 0 N–H and O–H groups in total. The number of hydrogen-bond donors (Lipinski definition) is 0. The average molecular weight is 215 g/mol. The Morgan fingerprint density at radius 2 is 1.88 bits per heavy atom. The van der Waals surface area contributed by atoms with Crippen molar-refractivity contribution >= 4 is 0 Å². The summed E-state index contributed by atoms with van der Waals surface area (Å²) in [6, 6.07) is 11.1. The van der Waals surface area contributed by atoms with Crippen LogP contribution in [-0.2, 0) is 6.54 Å². The Labute approximate surface area is 97.2 Å². The van der Waals surface area contributed by atoms with Crippen LogP contribution in [0.4, 0.5) is 0 Å². The second-order valence-electron chi connectivity index (χ2n) is 4.46. The van der Waals surface area contributed by atoms with Gasteiger partial charge in [-0.25, -0.2) is 9.13 Å². The lowest BCUT2D eigenvalue weighted by molar-refractivity contribution is -0.694. The number of imidazole rings is 1.